The fraction of sp³-hybridized carbons (Fsp3) is 0.0556. The maximum Gasteiger partial charge on any atom is 0.331 e. The van der Waals surface area contributed by atoms with Gasteiger partial charge in [0.2, 0.25) is 5.89 Å². The van der Waals surface area contributed by atoms with E-state index in [4.69, 9.17) is 32.4 Å². The molecule has 2 aromatic carbocycles. The lowest BCUT2D eigenvalue weighted by Gasteiger charge is -1.98. The summed E-state index contributed by atoms with van der Waals surface area (Å²) in [6, 6.07) is 14.1. The van der Waals surface area contributed by atoms with E-state index in [1.807, 2.05) is 6.07 Å². The number of hydrogen-bond acceptors (Lipinski definition) is 5. The first kappa shape index (κ1) is 17.2. The van der Waals surface area contributed by atoms with Crippen molar-refractivity contribution in [2.75, 3.05) is 0 Å². The molecule has 1 heterocycles. The zero-order valence-corrected chi connectivity index (χ0v) is 14.4. The molecule has 0 unspecified atom stereocenters. The Hall–Kier alpha value is -2.63. The number of halogens is 2. The fourth-order valence-electron chi connectivity index (χ4n) is 1.98. The van der Waals surface area contributed by atoms with Crippen molar-refractivity contribution in [3.63, 3.8) is 0 Å². The van der Waals surface area contributed by atoms with Crippen molar-refractivity contribution in [3.05, 3.63) is 76.1 Å². The Bertz CT molecular complexity index is 905. The third-order valence-corrected chi connectivity index (χ3v) is 3.64. The molecule has 0 fully saturated rings. The second-order valence-electron chi connectivity index (χ2n) is 5.00. The Labute approximate surface area is 153 Å². The van der Waals surface area contributed by atoms with Gasteiger partial charge in [0, 0.05) is 21.7 Å². The zero-order chi connectivity index (χ0) is 17.6. The van der Waals surface area contributed by atoms with Crippen molar-refractivity contribution in [2.45, 2.75) is 6.61 Å². The summed E-state index contributed by atoms with van der Waals surface area (Å²) in [4.78, 5) is 11.7. The number of rotatable bonds is 5. The number of nitrogens with zero attached hydrogens (tertiary/aromatic N) is 2. The van der Waals surface area contributed by atoms with Crippen LogP contribution in [0.25, 0.3) is 17.5 Å². The van der Waals surface area contributed by atoms with Crippen molar-refractivity contribution in [1.29, 1.82) is 0 Å². The molecular weight excluding hydrogens is 363 g/mol. The molecule has 0 aliphatic heterocycles. The van der Waals surface area contributed by atoms with Gasteiger partial charge in [0.25, 0.3) is 5.89 Å². The van der Waals surface area contributed by atoms with Crippen LogP contribution in [0.15, 0.2) is 59.0 Å². The Morgan fingerprint density at radius 3 is 2.64 bits per heavy atom. The Balaban J connectivity index is 1.56. The average Bonchev–Trinajstić information content (AvgIpc) is 3.08. The molecule has 3 aromatic rings. The van der Waals surface area contributed by atoms with E-state index in [2.05, 4.69) is 10.2 Å². The summed E-state index contributed by atoms with van der Waals surface area (Å²) < 4.78 is 10.5. The third-order valence-electron chi connectivity index (χ3n) is 3.16. The molecule has 0 bridgehead atoms. The maximum atomic E-state index is 11.7. The molecule has 0 aliphatic rings. The molecule has 0 aliphatic carbocycles. The predicted octanol–water partition coefficient (Wildman–Crippen LogP) is 4.80. The quantitative estimate of drug-likeness (QED) is 0.473. The van der Waals surface area contributed by atoms with Crippen LogP contribution in [0.2, 0.25) is 10.0 Å². The molecule has 5 nitrogen and oxygen atoms in total. The fourth-order valence-corrected chi connectivity index (χ4v) is 2.30. The SMILES string of the molecule is O=C(C=Cc1cccc(Cl)c1)OCc1nnc(-c2ccc(Cl)cc2)o1. The standard InChI is InChI=1S/C18H12Cl2N2O3/c19-14-7-5-13(6-8-14)18-22-21-16(25-18)11-24-17(23)9-4-12-2-1-3-15(20)10-12/h1-10H,11H2. The van der Waals surface area contributed by atoms with Gasteiger partial charge >= 0.3 is 5.97 Å². The molecule has 1 aromatic heterocycles. The van der Waals surface area contributed by atoms with Crippen LogP contribution in [-0.4, -0.2) is 16.2 Å². The number of hydrogen-bond donors (Lipinski definition) is 0. The van der Waals surface area contributed by atoms with E-state index in [9.17, 15) is 4.79 Å². The number of carbonyl (C=O) groups excluding carboxylic acids is 1. The number of carbonyl (C=O) groups is 1. The summed E-state index contributed by atoms with van der Waals surface area (Å²) in [7, 11) is 0. The first-order chi connectivity index (χ1) is 12.1. The predicted molar refractivity (Wildman–Crippen MR) is 95.0 cm³/mol. The van der Waals surface area contributed by atoms with Gasteiger partial charge < -0.3 is 9.15 Å². The van der Waals surface area contributed by atoms with Crippen molar-refractivity contribution in [3.8, 4) is 11.5 Å². The normalized spacial score (nSPS) is 11.0. The van der Waals surface area contributed by atoms with E-state index in [0.29, 0.717) is 15.9 Å². The van der Waals surface area contributed by atoms with Crippen molar-refractivity contribution >= 4 is 35.2 Å². The molecule has 0 amide bonds. The molecule has 0 saturated carbocycles. The number of benzene rings is 2. The number of esters is 1. The van der Waals surface area contributed by atoms with Gasteiger partial charge in [-0.05, 0) is 48.0 Å². The lowest BCUT2D eigenvalue weighted by atomic mass is 10.2. The first-order valence-electron chi connectivity index (χ1n) is 7.29. The van der Waals surface area contributed by atoms with Crippen LogP contribution in [0.3, 0.4) is 0 Å². The highest BCUT2D eigenvalue weighted by Crippen LogP contribution is 2.20. The maximum absolute atomic E-state index is 11.7. The molecule has 25 heavy (non-hydrogen) atoms. The van der Waals surface area contributed by atoms with Crippen LogP contribution < -0.4 is 0 Å². The highest BCUT2D eigenvalue weighted by atomic mass is 35.5. The second-order valence-corrected chi connectivity index (χ2v) is 5.88. The van der Waals surface area contributed by atoms with Gasteiger partial charge in [-0.1, -0.05) is 35.3 Å². The van der Waals surface area contributed by atoms with Crippen molar-refractivity contribution in [2.24, 2.45) is 0 Å². The van der Waals surface area contributed by atoms with Gasteiger partial charge in [0.05, 0.1) is 0 Å². The average molecular weight is 375 g/mol. The molecule has 0 spiro atoms. The van der Waals surface area contributed by atoms with Crippen molar-refractivity contribution in [1.82, 2.24) is 10.2 Å². The number of aromatic nitrogens is 2. The summed E-state index contributed by atoms with van der Waals surface area (Å²) in [5, 5.41) is 8.97. The van der Waals surface area contributed by atoms with Gasteiger partial charge in [-0.3, -0.25) is 0 Å². The Morgan fingerprint density at radius 2 is 1.88 bits per heavy atom. The highest BCUT2D eigenvalue weighted by molar-refractivity contribution is 6.31. The Morgan fingerprint density at radius 1 is 1.08 bits per heavy atom. The minimum Gasteiger partial charge on any atom is -0.452 e. The molecule has 0 atom stereocenters. The summed E-state index contributed by atoms with van der Waals surface area (Å²) >= 11 is 11.7. The molecule has 126 valence electrons. The van der Waals surface area contributed by atoms with Gasteiger partial charge in [0.15, 0.2) is 6.61 Å². The molecule has 0 saturated heterocycles. The second kappa shape index (κ2) is 7.96. The Kier molecular flexibility index (Phi) is 5.48. The van der Waals surface area contributed by atoms with Crippen LogP contribution >= 0.6 is 23.2 Å². The smallest absolute Gasteiger partial charge is 0.331 e. The van der Waals surface area contributed by atoms with Crippen LogP contribution in [0.5, 0.6) is 0 Å². The van der Waals surface area contributed by atoms with E-state index in [1.54, 1.807) is 48.5 Å². The van der Waals surface area contributed by atoms with Gasteiger partial charge in [0.1, 0.15) is 0 Å². The summed E-state index contributed by atoms with van der Waals surface area (Å²) in [5.74, 6) is 0.0119. The van der Waals surface area contributed by atoms with Gasteiger partial charge in [-0.25, -0.2) is 4.79 Å². The monoisotopic (exact) mass is 374 g/mol. The highest BCUT2D eigenvalue weighted by Gasteiger charge is 2.10. The van der Waals surface area contributed by atoms with E-state index in [0.717, 1.165) is 11.1 Å². The third kappa shape index (κ3) is 4.92. The largest absolute Gasteiger partial charge is 0.452 e. The van der Waals surface area contributed by atoms with Gasteiger partial charge in [-0.15, -0.1) is 10.2 Å². The molecular formula is C18H12Cl2N2O3. The van der Waals surface area contributed by atoms with Crippen LogP contribution in [0.1, 0.15) is 11.5 Å². The molecule has 7 heteroatoms. The summed E-state index contributed by atoms with van der Waals surface area (Å²) in [5.41, 5.74) is 1.53. The molecule has 0 N–H and O–H groups in total. The van der Waals surface area contributed by atoms with Crippen LogP contribution in [0, 0.1) is 0 Å². The van der Waals surface area contributed by atoms with Crippen molar-refractivity contribution < 1.29 is 13.9 Å². The number of ether oxygens (including phenoxy) is 1. The minimum atomic E-state index is -0.522. The van der Waals surface area contributed by atoms with Crippen LogP contribution in [0.4, 0.5) is 0 Å². The van der Waals surface area contributed by atoms with E-state index >= 15 is 0 Å². The zero-order valence-electron chi connectivity index (χ0n) is 12.9. The van der Waals surface area contributed by atoms with Gasteiger partial charge in [-0.2, -0.15) is 0 Å². The molecule has 0 radical (unpaired) electrons. The van der Waals surface area contributed by atoms with Crippen LogP contribution in [-0.2, 0) is 16.1 Å². The minimum absolute atomic E-state index is 0.112. The van der Waals surface area contributed by atoms with E-state index < -0.39 is 5.97 Å². The topological polar surface area (TPSA) is 65.2 Å². The summed E-state index contributed by atoms with van der Waals surface area (Å²) in [6.45, 7) is -0.112. The summed E-state index contributed by atoms with van der Waals surface area (Å²) in [6.07, 6.45) is 2.92. The first-order valence-corrected chi connectivity index (χ1v) is 8.04. The van der Waals surface area contributed by atoms with E-state index in [-0.39, 0.29) is 12.5 Å². The lowest BCUT2D eigenvalue weighted by molar-refractivity contribution is -0.139. The van der Waals surface area contributed by atoms with E-state index in [1.165, 1.54) is 6.08 Å². The lowest BCUT2D eigenvalue weighted by Crippen LogP contribution is -2.00. The molecule has 3 rings (SSSR count).